The number of nitrogens with one attached hydrogen (secondary N) is 1. The van der Waals surface area contributed by atoms with Crippen LogP contribution in [0.3, 0.4) is 0 Å². The van der Waals surface area contributed by atoms with E-state index in [4.69, 9.17) is 0 Å². The molecule has 1 N–H and O–H groups in total. The molecule has 0 bridgehead atoms. The van der Waals surface area contributed by atoms with Crippen LogP contribution >= 0.6 is 11.8 Å². The second-order valence-corrected chi connectivity index (χ2v) is 8.38. The standard InChI is InChI=1S/C19H29NS/c1-15-7-6-8-16(11-15)17-12-18(13-17)20-14-19(21-2)9-4-3-5-10-19/h6-8,11,17-18,20H,3-5,9-10,12-14H2,1-2H3. The number of benzene rings is 1. The summed E-state index contributed by atoms with van der Waals surface area (Å²) in [6.07, 6.45) is 12.1. The van der Waals surface area contributed by atoms with Gasteiger partial charge in [-0.1, -0.05) is 49.1 Å². The van der Waals surface area contributed by atoms with Crippen LogP contribution in [0.25, 0.3) is 0 Å². The summed E-state index contributed by atoms with van der Waals surface area (Å²) in [5.74, 6) is 0.791. The first-order valence-electron chi connectivity index (χ1n) is 8.56. The van der Waals surface area contributed by atoms with Gasteiger partial charge in [0.25, 0.3) is 0 Å². The van der Waals surface area contributed by atoms with E-state index in [-0.39, 0.29) is 0 Å². The lowest BCUT2D eigenvalue weighted by Gasteiger charge is -2.41. The molecule has 2 fully saturated rings. The molecule has 2 aliphatic rings. The van der Waals surface area contributed by atoms with Crippen LogP contribution in [0.15, 0.2) is 24.3 Å². The van der Waals surface area contributed by atoms with Crippen molar-refractivity contribution >= 4 is 11.8 Å². The normalized spacial score (nSPS) is 28.1. The first-order valence-corrected chi connectivity index (χ1v) is 9.78. The maximum absolute atomic E-state index is 3.87. The molecule has 0 amide bonds. The Kier molecular flexibility index (Phi) is 4.96. The largest absolute Gasteiger partial charge is 0.313 e. The lowest BCUT2D eigenvalue weighted by Crippen LogP contribution is -2.47. The van der Waals surface area contributed by atoms with E-state index in [2.05, 4.69) is 54.5 Å². The molecule has 0 unspecified atom stereocenters. The van der Waals surface area contributed by atoms with Crippen LogP contribution in [0.1, 0.15) is 62.0 Å². The number of hydrogen-bond donors (Lipinski definition) is 1. The molecule has 21 heavy (non-hydrogen) atoms. The maximum atomic E-state index is 3.87. The average molecular weight is 304 g/mol. The Labute approximate surface area is 134 Å². The number of hydrogen-bond acceptors (Lipinski definition) is 2. The van der Waals surface area contributed by atoms with E-state index in [1.165, 1.54) is 57.1 Å². The molecule has 1 aromatic rings. The molecular formula is C19H29NS. The highest BCUT2D eigenvalue weighted by atomic mass is 32.2. The molecule has 0 aromatic heterocycles. The fourth-order valence-electron chi connectivity index (χ4n) is 3.96. The topological polar surface area (TPSA) is 12.0 Å². The Hall–Kier alpha value is -0.470. The third kappa shape index (κ3) is 3.65. The quantitative estimate of drug-likeness (QED) is 0.830. The lowest BCUT2D eigenvalue weighted by atomic mass is 9.75. The van der Waals surface area contributed by atoms with Gasteiger partial charge >= 0.3 is 0 Å². The first kappa shape index (κ1) is 15.4. The number of rotatable bonds is 5. The van der Waals surface area contributed by atoms with Crippen LogP contribution in [0.2, 0.25) is 0 Å². The zero-order valence-corrected chi connectivity index (χ0v) is 14.3. The highest BCUT2D eigenvalue weighted by molar-refractivity contribution is 8.00. The van der Waals surface area contributed by atoms with E-state index >= 15 is 0 Å². The Bertz CT molecular complexity index is 458. The van der Waals surface area contributed by atoms with Crippen molar-refractivity contribution in [2.45, 2.75) is 68.6 Å². The molecule has 0 radical (unpaired) electrons. The van der Waals surface area contributed by atoms with Crippen molar-refractivity contribution in [3.63, 3.8) is 0 Å². The lowest BCUT2D eigenvalue weighted by molar-refractivity contribution is 0.268. The SMILES string of the molecule is CSC1(CNC2CC(c3cccc(C)c3)C2)CCCCC1. The van der Waals surface area contributed by atoms with Crippen molar-refractivity contribution in [2.75, 3.05) is 12.8 Å². The molecule has 2 saturated carbocycles. The minimum Gasteiger partial charge on any atom is -0.313 e. The van der Waals surface area contributed by atoms with Gasteiger partial charge in [0.1, 0.15) is 0 Å². The van der Waals surface area contributed by atoms with Gasteiger partial charge < -0.3 is 5.32 Å². The predicted octanol–water partition coefficient (Wildman–Crippen LogP) is 4.90. The Balaban J connectivity index is 1.46. The summed E-state index contributed by atoms with van der Waals surface area (Å²) in [4.78, 5) is 0. The smallest absolute Gasteiger partial charge is 0.0281 e. The van der Waals surface area contributed by atoms with Gasteiger partial charge in [-0.05, 0) is 50.3 Å². The molecule has 2 aliphatic carbocycles. The van der Waals surface area contributed by atoms with Gasteiger partial charge in [-0.2, -0.15) is 11.8 Å². The Morgan fingerprint density at radius 3 is 2.62 bits per heavy atom. The maximum Gasteiger partial charge on any atom is 0.0281 e. The highest BCUT2D eigenvalue weighted by Crippen LogP contribution is 2.40. The molecule has 2 heteroatoms. The molecule has 1 nitrogen and oxygen atoms in total. The molecule has 3 rings (SSSR count). The molecule has 0 aliphatic heterocycles. The van der Waals surface area contributed by atoms with Crippen molar-refractivity contribution in [1.82, 2.24) is 5.32 Å². The van der Waals surface area contributed by atoms with Gasteiger partial charge in [-0.15, -0.1) is 0 Å². The van der Waals surface area contributed by atoms with Crippen molar-refractivity contribution in [3.8, 4) is 0 Å². The van der Waals surface area contributed by atoms with E-state index < -0.39 is 0 Å². The summed E-state index contributed by atoms with van der Waals surface area (Å²) in [7, 11) is 0. The monoisotopic (exact) mass is 303 g/mol. The van der Waals surface area contributed by atoms with Crippen LogP contribution in [0.5, 0.6) is 0 Å². The minimum absolute atomic E-state index is 0.534. The van der Waals surface area contributed by atoms with E-state index in [0.29, 0.717) is 4.75 Å². The average Bonchev–Trinajstić information content (AvgIpc) is 2.47. The van der Waals surface area contributed by atoms with Gasteiger partial charge in [-0.3, -0.25) is 0 Å². The molecule has 0 spiro atoms. The molecule has 0 saturated heterocycles. The Morgan fingerprint density at radius 2 is 1.95 bits per heavy atom. The summed E-state index contributed by atoms with van der Waals surface area (Å²) < 4.78 is 0.534. The fourth-order valence-corrected chi connectivity index (χ4v) is 4.88. The van der Waals surface area contributed by atoms with Crippen LogP contribution < -0.4 is 5.32 Å². The van der Waals surface area contributed by atoms with E-state index in [0.717, 1.165) is 12.0 Å². The fraction of sp³-hybridized carbons (Fsp3) is 0.684. The van der Waals surface area contributed by atoms with Crippen LogP contribution in [-0.4, -0.2) is 23.6 Å². The van der Waals surface area contributed by atoms with Crippen molar-refractivity contribution in [3.05, 3.63) is 35.4 Å². The number of aryl methyl sites for hydroxylation is 1. The zero-order chi connectivity index (χ0) is 14.7. The molecule has 1 aromatic carbocycles. The summed E-state index contributed by atoms with van der Waals surface area (Å²) in [5, 5.41) is 3.87. The van der Waals surface area contributed by atoms with Gasteiger partial charge in [0, 0.05) is 17.3 Å². The summed E-state index contributed by atoms with van der Waals surface area (Å²) in [6.45, 7) is 3.42. The highest BCUT2D eigenvalue weighted by Gasteiger charge is 2.35. The molecule has 0 atom stereocenters. The summed E-state index contributed by atoms with van der Waals surface area (Å²) in [6, 6.07) is 9.82. The molecular weight excluding hydrogens is 274 g/mol. The van der Waals surface area contributed by atoms with E-state index in [1.807, 2.05) is 0 Å². The second-order valence-electron chi connectivity index (χ2n) is 7.11. The minimum atomic E-state index is 0.534. The van der Waals surface area contributed by atoms with Crippen LogP contribution in [0, 0.1) is 6.92 Å². The van der Waals surface area contributed by atoms with Crippen LogP contribution in [-0.2, 0) is 0 Å². The van der Waals surface area contributed by atoms with Crippen molar-refractivity contribution in [1.29, 1.82) is 0 Å². The summed E-state index contributed by atoms with van der Waals surface area (Å²) in [5.41, 5.74) is 2.94. The predicted molar refractivity (Wildman–Crippen MR) is 94.3 cm³/mol. The molecule has 116 valence electrons. The van der Waals surface area contributed by atoms with Gasteiger partial charge in [-0.25, -0.2) is 0 Å². The summed E-state index contributed by atoms with van der Waals surface area (Å²) >= 11 is 2.11. The van der Waals surface area contributed by atoms with Gasteiger partial charge in [0.2, 0.25) is 0 Å². The molecule has 0 heterocycles. The second kappa shape index (κ2) is 6.75. The van der Waals surface area contributed by atoms with E-state index in [9.17, 15) is 0 Å². The van der Waals surface area contributed by atoms with Crippen molar-refractivity contribution < 1.29 is 0 Å². The number of thioether (sulfide) groups is 1. The third-order valence-corrected chi connectivity index (χ3v) is 6.98. The van der Waals surface area contributed by atoms with E-state index in [1.54, 1.807) is 5.56 Å². The Morgan fingerprint density at radius 1 is 1.19 bits per heavy atom. The van der Waals surface area contributed by atoms with Crippen LogP contribution in [0.4, 0.5) is 0 Å². The van der Waals surface area contributed by atoms with Gasteiger partial charge in [0.15, 0.2) is 0 Å². The van der Waals surface area contributed by atoms with Gasteiger partial charge in [0.05, 0.1) is 0 Å². The third-order valence-electron chi connectivity index (χ3n) is 5.56. The zero-order valence-electron chi connectivity index (χ0n) is 13.5. The first-order chi connectivity index (χ1) is 10.2. The van der Waals surface area contributed by atoms with Crippen molar-refractivity contribution in [2.24, 2.45) is 0 Å².